The molecule has 0 radical (unpaired) electrons. The summed E-state index contributed by atoms with van der Waals surface area (Å²) < 4.78 is 46.2. The molecule has 1 heterocycles. The number of ether oxygens (including phenoxy) is 2. The van der Waals surface area contributed by atoms with Gasteiger partial charge in [-0.2, -0.15) is 13.2 Å². The fraction of sp³-hybridized carbons (Fsp3) is 0.533. The van der Waals surface area contributed by atoms with Crippen LogP contribution in [-0.4, -0.2) is 49.5 Å². The minimum absolute atomic E-state index is 0.0261. The number of benzene rings is 1. The standard InChI is InChI=1S/C15H19F3N2O3/c1-2-12-9-22-8-7-20(12)14(21)19-11-3-5-13(6-4-11)23-10-15(16,17)18/h3-6,12H,2,7-10H2,1H3,(H,19,21). The monoisotopic (exact) mass is 332 g/mol. The molecule has 0 saturated carbocycles. The zero-order valence-electron chi connectivity index (χ0n) is 12.7. The third-order valence-corrected chi connectivity index (χ3v) is 3.47. The third-order valence-electron chi connectivity index (χ3n) is 3.47. The van der Waals surface area contributed by atoms with E-state index in [0.717, 1.165) is 6.42 Å². The van der Waals surface area contributed by atoms with Gasteiger partial charge in [-0.15, -0.1) is 0 Å². The average molecular weight is 332 g/mol. The molecule has 128 valence electrons. The quantitative estimate of drug-likeness (QED) is 0.921. The molecule has 1 aliphatic heterocycles. The molecule has 5 nitrogen and oxygen atoms in total. The van der Waals surface area contributed by atoms with Gasteiger partial charge in [-0.3, -0.25) is 0 Å². The van der Waals surface area contributed by atoms with Gasteiger partial charge in [0.1, 0.15) is 5.75 Å². The van der Waals surface area contributed by atoms with Gasteiger partial charge in [0.05, 0.1) is 19.3 Å². The van der Waals surface area contributed by atoms with E-state index in [-0.39, 0.29) is 17.8 Å². The van der Waals surface area contributed by atoms with Crippen LogP contribution in [0.15, 0.2) is 24.3 Å². The maximum atomic E-state index is 12.3. The maximum absolute atomic E-state index is 12.3. The number of urea groups is 1. The Morgan fingerprint density at radius 1 is 1.39 bits per heavy atom. The van der Waals surface area contributed by atoms with Crippen LogP contribution in [0, 0.1) is 0 Å². The number of hydrogen-bond acceptors (Lipinski definition) is 3. The van der Waals surface area contributed by atoms with E-state index in [4.69, 9.17) is 4.74 Å². The summed E-state index contributed by atoms with van der Waals surface area (Å²) in [6, 6.07) is 5.56. The number of carbonyl (C=O) groups excluding carboxylic acids is 1. The van der Waals surface area contributed by atoms with Crippen LogP contribution in [0.2, 0.25) is 0 Å². The number of anilines is 1. The first kappa shape index (κ1) is 17.4. The molecule has 1 saturated heterocycles. The topological polar surface area (TPSA) is 50.8 Å². The van der Waals surface area contributed by atoms with Crippen molar-refractivity contribution >= 4 is 11.7 Å². The van der Waals surface area contributed by atoms with Gasteiger partial charge in [0.15, 0.2) is 6.61 Å². The van der Waals surface area contributed by atoms with E-state index in [1.165, 1.54) is 24.3 Å². The number of amides is 2. The second-order valence-corrected chi connectivity index (χ2v) is 5.19. The van der Waals surface area contributed by atoms with Crippen molar-refractivity contribution in [2.75, 3.05) is 31.7 Å². The number of morpholine rings is 1. The Bertz CT molecular complexity index is 520. The summed E-state index contributed by atoms with van der Waals surface area (Å²) in [5.74, 6) is 0.0955. The van der Waals surface area contributed by atoms with Crippen molar-refractivity contribution in [2.45, 2.75) is 25.6 Å². The van der Waals surface area contributed by atoms with E-state index in [2.05, 4.69) is 10.1 Å². The lowest BCUT2D eigenvalue weighted by atomic mass is 10.2. The van der Waals surface area contributed by atoms with Gasteiger partial charge in [-0.1, -0.05) is 6.92 Å². The minimum Gasteiger partial charge on any atom is -0.484 e. The Morgan fingerprint density at radius 2 is 2.09 bits per heavy atom. The van der Waals surface area contributed by atoms with Gasteiger partial charge < -0.3 is 19.7 Å². The lowest BCUT2D eigenvalue weighted by Gasteiger charge is -2.35. The SMILES string of the molecule is CCC1COCCN1C(=O)Nc1ccc(OCC(F)(F)F)cc1. The molecule has 1 aliphatic rings. The minimum atomic E-state index is -4.38. The highest BCUT2D eigenvalue weighted by Crippen LogP contribution is 2.21. The van der Waals surface area contributed by atoms with Crippen molar-refractivity contribution < 1.29 is 27.4 Å². The number of rotatable bonds is 4. The zero-order valence-corrected chi connectivity index (χ0v) is 12.7. The molecule has 2 amide bonds. The van der Waals surface area contributed by atoms with Crippen LogP contribution < -0.4 is 10.1 Å². The first-order chi connectivity index (χ1) is 10.9. The summed E-state index contributed by atoms with van der Waals surface area (Å²) in [5, 5.41) is 2.73. The first-order valence-electron chi connectivity index (χ1n) is 7.34. The summed E-state index contributed by atoms with van der Waals surface area (Å²) in [5.41, 5.74) is 0.496. The molecule has 0 spiro atoms. The summed E-state index contributed by atoms with van der Waals surface area (Å²) in [4.78, 5) is 14.0. The van der Waals surface area contributed by atoms with Crippen molar-refractivity contribution in [3.63, 3.8) is 0 Å². The number of halogens is 3. The van der Waals surface area contributed by atoms with E-state index < -0.39 is 12.8 Å². The van der Waals surface area contributed by atoms with Crippen LogP contribution in [-0.2, 0) is 4.74 Å². The zero-order chi connectivity index (χ0) is 16.9. The maximum Gasteiger partial charge on any atom is 0.422 e. The summed E-state index contributed by atoms with van der Waals surface area (Å²) in [6.07, 6.45) is -3.59. The number of hydrogen-bond donors (Lipinski definition) is 1. The van der Waals surface area contributed by atoms with Gasteiger partial charge in [-0.25, -0.2) is 4.79 Å². The summed E-state index contributed by atoms with van der Waals surface area (Å²) in [6.45, 7) is 2.15. The normalized spacial score (nSPS) is 18.6. The fourth-order valence-corrected chi connectivity index (χ4v) is 2.26. The largest absolute Gasteiger partial charge is 0.484 e. The van der Waals surface area contributed by atoms with Crippen LogP contribution in [0.25, 0.3) is 0 Å². The van der Waals surface area contributed by atoms with Crippen molar-refractivity contribution in [1.82, 2.24) is 4.90 Å². The second kappa shape index (κ2) is 7.54. The van der Waals surface area contributed by atoms with Crippen LogP contribution in [0.1, 0.15) is 13.3 Å². The van der Waals surface area contributed by atoms with Gasteiger partial charge in [-0.05, 0) is 30.7 Å². The number of nitrogens with one attached hydrogen (secondary N) is 1. The summed E-state index contributed by atoms with van der Waals surface area (Å²) >= 11 is 0. The number of alkyl halides is 3. The Labute approximate surface area is 132 Å². The summed E-state index contributed by atoms with van der Waals surface area (Å²) in [7, 11) is 0. The predicted octanol–water partition coefficient (Wildman–Crippen LogP) is 3.27. The first-order valence-corrected chi connectivity index (χ1v) is 7.34. The predicted molar refractivity (Wildman–Crippen MR) is 78.6 cm³/mol. The van der Waals surface area contributed by atoms with Gasteiger partial charge >= 0.3 is 12.2 Å². The molecule has 1 aromatic rings. The van der Waals surface area contributed by atoms with E-state index in [0.29, 0.717) is 25.4 Å². The molecule has 1 N–H and O–H groups in total. The Morgan fingerprint density at radius 3 is 2.70 bits per heavy atom. The highest BCUT2D eigenvalue weighted by Gasteiger charge is 2.28. The van der Waals surface area contributed by atoms with Crippen LogP contribution in [0.3, 0.4) is 0 Å². The van der Waals surface area contributed by atoms with Gasteiger partial charge in [0, 0.05) is 12.2 Å². The highest BCUT2D eigenvalue weighted by atomic mass is 19.4. The lowest BCUT2D eigenvalue weighted by Crippen LogP contribution is -2.50. The Hall–Kier alpha value is -1.96. The molecule has 1 fully saturated rings. The van der Waals surface area contributed by atoms with Crippen molar-refractivity contribution in [3.8, 4) is 5.75 Å². The molecular formula is C15H19F3N2O3. The Kier molecular flexibility index (Phi) is 5.70. The lowest BCUT2D eigenvalue weighted by molar-refractivity contribution is -0.153. The molecule has 2 rings (SSSR count). The van der Waals surface area contributed by atoms with E-state index in [9.17, 15) is 18.0 Å². The molecule has 1 atom stereocenters. The van der Waals surface area contributed by atoms with Crippen molar-refractivity contribution in [2.24, 2.45) is 0 Å². The van der Waals surface area contributed by atoms with E-state index in [1.54, 1.807) is 4.90 Å². The molecule has 23 heavy (non-hydrogen) atoms. The van der Waals surface area contributed by atoms with Crippen LogP contribution in [0.4, 0.5) is 23.7 Å². The number of nitrogens with zero attached hydrogens (tertiary/aromatic N) is 1. The molecule has 0 aromatic heterocycles. The number of carbonyl (C=O) groups is 1. The molecule has 8 heteroatoms. The van der Waals surface area contributed by atoms with Crippen molar-refractivity contribution in [3.05, 3.63) is 24.3 Å². The van der Waals surface area contributed by atoms with E-state index >= 15 is 0 Å². The van der Waals surface area contributed by atoms with Gasteiger partial charge in [0.2, 0.25) is 0 Å². The third kappa shape index (κ3) is 5.31. The molecule has 1 aromatic carbocycles. The van der Waals surface area contributed by atoms with Crippen LogP contribution in [0.5, 0.6) is 5.75 Å². The highest BCUT2D eigenvalue weighted by molar-refractivity contribution is 5.89. The van der Waals surface area contributed by atoms with Crippen LogP contribution >= 0.6 is 0 Å². The fourth-order valence-electron chi connectivity index (χ4n) is 2.26. The van der Waals surface area contributed by atoms with E-state index in [1.807, 2.05) is 6.92 Å². The van der Waals surface area contributed by atoms with Crippen molar-refractivity contribution in [1.29, 1.82) is 0 Å². The second-order valence-electron chi connectivity index (χ2n) is 5.19. The average Bonchev–Trinajstić information content (AvgIpc) is 2.53. The smallest absolute Gasteiger partial charge is 0.422 e. The molecule has 0 bridgehead atoms. The molecule has 1 unspecified atom stereocenters. The van der Waals surface area contributed by atoms with Gasteiger partial charge in [0.25, 0.3) is 0 Å². The molecular weight excluding hydrogens is 313 g/mol. The Balaban J connectivity index is 1.91. The molecule has 0 aliphatic carbocycles.